The molecule has 1 rings (SSSR count). The molecule has 0 fully saturated rings. The van der Waals surface area contributed by atoms with Crippen LogP contribution in [0.4, 0.5) is 5.69 Å². The van der Waals surface area contributed by atoms with E-state index in [0.717, 1.165) is 6.07 Å². The number of sulfonamides is 1. The number of benzene rings is 1. The molecule has 0 aliphatic rings. The van der Waals surface area contributed by atoms with E-state index in [1.54, 1.807) is 13.8 Å². The molecule has 0 spiro atoms. The zero-order valence-corrected chi connectivity index (χ0v) is 12.8. The van der Waals surface area contributed by atoms with Gasteiger partial charge in [0.2, 0.25) is 10.0 Å². The van der Waals surface area contributed by atoms with Crippen molar-refractivity contribution in [2.75, 3.05) is 7.11 Å². The Kier molecular flexibility index (Phi) is 5.64. The van der Waals surface area contributed by atoms with Crippen molar-refractivity contribution in [2.45, 2.75) is 37.3 Å². The summed E-state index contributed by atoms with van der Waals surface area (Å²) >= 11 is 0. The van der Waals surface area contributed by atoms with Gasteiger partial charge in [0.1, 0.15) is 0 Å². The molecule has 2 unspecified atom stereocenters. The van der Waals surface area contributed by atoms with Gasteiger partial charge in [0.15, 0.2) is 5.75 Å². The van der Waals surface area contributed by atoms with Gasteiger partial charge < -0.3 is 9.84 Å². The van der Waals surface area contributed by atoms with Crippen molar-refractivity contribution in [3.63, 3.8) is 0 Å². The van der Waals surface area contributed by atoms with Crippen molar-refractivity contribution >= 4 is 15.7 Å². The Balaban J connectivity index is 3.09. The SMILES string of the molecule is COc1ccc(S(=O)(=O)NC(C)CC(C)O)cc1[N+](=O)[O-]. The first-order valence-electron chi connectivity index (χ1n) is 6.20. The lowest BCUT2D eigenvalue weighted by atomic mass is 10.2. The second kappa shape index (κ2) is 6.83. The van der Waals surface area contributed by atoms with Crippen LogP contribution in [-0.2, 0) is 10.0 Å². The highest BCUT2D eigenvalue weighted by atomic mass is 32.2. The van der Waals surface area contributed by atoms with Crippen LogP contribution in [-0.4, -0.2) is 37.7 Å². The third-order valence-electron chi connectivity index (χ3n) is 2.71. The van der Waals surface area contributed by atoms with Crippen LogP contribution in [0, 0.1) is 10.1 Å². The molecule has 9 heteroatoms. The highest BCUT2D eigenvalue weighted by Gasteiger charge is 2.23. The van der Waals surface area contributed by atoms with Crippen molar-refractivity contribution in [1.82, 2.24) is 4.72 Å². The minimum Gasteiger partial charge on any atom is -0.490 e. The van der Waals surface area contributed by atoms with Crippen LogP contribution >= 0.6 is 0 Å². The fraction of sp³-hybridized carbons (Fsp3) is 0.500. The van der Waals surface area contributed by atoms with Crippen molar-refractivity contribution in [1.29, 1.82) is 0 Å². The number of nitro benzene ring substituents is 1. The maximum absolute atomic E-state index is 12.1. The third-order valence-corrected chi connectivity index (χ3v) is 4.30. The summed E-state index contributed by atoms with van der Waals surface area (Å²) in [5, 5.41) is 20.1. The topological polar surface area (TPSA) is 119 Å². The van der Waals surface area contributed by atoms with E-state index < -0.39 is 32.8 Å². The van der Waals surface area contributed by atoms with Gasteiger partial charge in [-0.05, 0) is 32.4 Å². The first kappa shape index (κ1) is 17.3. The van der Waals surface area contributed by atoms with Gasteiger partial charge >= 0.3 is 5.69 Å². The van der Waals surface area contributed by atoms with Crippen LogP contribution in [0.1, 0.15) is 20.3 Å². The van der Waals surface area contributed by atoms with Crippen LogP contribution in [0.25, 0.3) is 0 Å². The maximum Gasteiger partial charge on any atom is 0.312 e. The molecule has 2 atom stereocenters. The maximum atomic E-state index is 12.1. The minimum atomic E-state index is -3.91. The van der Waals surface area contributed by atoms with Crippen molar-refractivity contribution in [3.8, 4) is 5.75 Å². The number of aliphatic hydroxyl groups is 1. The molecule has 0 heterocycles. The Labute approximate surface area is 122 Å². The first-order chi connectivity index (χ1) is 9.67. The predicted octanol–water partition coefficient (Wildman–Crippen LogP) is 1.04. The normalized spacial score (nSPS) is 14.5. The number of ether oxygens (including phenoxy) is 1. The van der Waals surface area contributed by atoms with E-state index in [-0.39, 0.29) is 17.1 Å². The molecule has 118 valence electrons. The Morgan fingerprint density at radius 2 is 2.05 bits per heavy atom. The molecular weight excluding hydrogens is 300 g/mol. The van der Waals surface area contributed by atoms with Crippen LogP contribution in [0.3, 0.4) is 0 Å². The van der Waals surface area contributed by atoms with Gasteiger partial charge in [-0.3, -0.25) is 10.1 Å². The van der Waals surface area contributed by atoms with E-state index in [4.69, 9.17) is 4.74 Å². The average Bonchev–Trinajstić information content (AvgIpc) is 2.35. The summed E-state index contributed by atoms with van der Waals surface area (Å²) in [7, 11) is -2.64. The zero-order chi connectivity index (χ0) is 16.2. The zero-order valence-electron chi connectivity index (χ0n) is 11.9. The van der Waals surface area contributed by atoms with Crippen LogP contribution < -0.4 is 9.46 Å². The molecule has 0 saturated carbocycles. The Bertz CT molecular complexity index is 614. The van der Waals surface area contributed by atoms with E-state index in [1.807, 2.05) is 0 Å². The number of nitro groups is 1. The van der Waals surface area contributed by atoms with Crippen LogP contribution in [0.15, 0.2) is 23.1 Å². The number of methoxy groups -OCH3 is 1. The molecule has 0 amide bonds. The molecule has 0 radical (unpaired) electrons. The lowest BCUT2D eigenvalue weighted by Crippen LogP contribution is -2.34. The fourth-order valence-corrected chi connectivity index (χ4v) is 3.15. The number of hydrogen-bond donors (Lipinski definition) is 2. The Morgan fingerprint density at radius 1 is 1.43 bits per heavy atom. The van der Waals surface area contributed by atoms with Gasteiger partial charge in [0, 0.05) is 12.1 Å². The lowest BCUT2D eigenvalue weighted by Gasteiger charge is -2.15. The first-order valence-corrected chi connectivity index (χ1v) is 7.68. The third kappa shape index (κ3) is 4.66. The van der Waals surface area contributed by atoms with Crippen molar-refractivity contribution < 1.29 is 23.2 Å². The highest BCUT2D eigenvalue weighted by Crippen LogP contribution is 2.29. The summed E-state index contributed by atoms with van der Waals surface area (Å²) in [4.78, 5) is 9.96. The van der Waals surface area contributed by atoms with Crippen molar-refractivity contribution in [3.05, 3.63) is 28.3 Å². The van der Waals surface area contributed by atoms with E-state index >= 15 is 0 Å². The highest BCUT2D eigenvalue weighted by molar-refractivity contribution is 7.89. The quantitative estimate of drug-likeness (QED) is 0.573. The number of nitrogens with one attached hydrogen (secondary N) is 1. The van der Waals surface area contributed by atoms with Gasteiger partial charge in [-0.1, -0.05) is 0 Å². The standard InChI is InChI=1S/C12H18N2O6S/c1-8(6-9(2)15)13-21(18,19)10-4-5-12(20-3)11(7-10)14(16)17/h4-5,7-9,13,15H,6H2,1-3H3. The summed E-state index contributed by atoms with van der Waals surface area (Å²) in [6.07, 6.45) is -0.426. The molecular formula is C12H18N2O6S. The molecule has 8 nitrogen and oxygen atoms in total. The van der Waals surface area contributed by atoms with Gasteiger partial charge in [-0.2, -0.15) is 0 Å². The van der Waals surface area contributed by atoms with Gasteiger partial charge in [-0.25, -0.2) is 13.1 Å². The van der Waals surface area contributed by atoms with Crippen molar-refractivity contribution in [2.24, 2.45) is 0 Å². The number of rotatable bonds is 7. The second-order valence-corrected chi connectivity index (χ2v) is 6.41. The Hall–Kier alpha value is -1.71. The van der Waals surface area contributed by atoms with Crippen LogP contribution in [0.5, 0.6) is 5.75 Å². The summed E-state index contributed by atoms with van der Waals surface area (Å²) in [5.41, 5.74) is -0.427. The summed E-state index contributed by atoms with van der Waals surface area (Å²) < 4.78 is 31.5. The fourth-order valence-electron chi connectivity index (χ4n) is 1.87. The largest absolute Gasteiger partial charge is 0.490 e. The Morgan fingerprint density at radius 3 is 2.52 bits per heavy atom. The molecule has 0 saturated heterocycles. The molecule has 0 aliphatic carbocycles. The molecule has 0 aromatic heterocycles. The van der Waals surface area contributed by atoms with Gasteiger partial charge in [-0.15, -0.1) is 0 Å². The molecule has 1 aromatic carbocycles. The molecule has 1 aromatic rings. The van der Waals surface area contributed by atoms with Gasteiger partial charge in [0.05, 0.1) is 23.0 Å². The average molecular weight is 318 g/mol. The monoisotopic (exact) mass is 318 g/mol. The van der Waals surface area contributed by atoms with E-state index in [1.165, 1.54) is 19.2 Å². The number of nitrogens with zero attached hydrogens (tertiary/aromatic N) is 1. The summed E-state index contributed by atoms with van der Waals surface area (Å²) in [5.74, 6) is -0.0176. The number of hydrogen-bond acceptors (Lipinski definition) is 6. The molecule has 2 N–H and O–H groups in total. The molecule has 0 aliphatic heterocycles. The predicted molar refractivity (Wildman–Crippen MR) is 75.7 cm³/mol. The summed E-state index contributed by atoms with van der Waals surface area (Å²) in [6.45, 7) is 3.14. The van der Waals surface area contributed by atoms with Crippen LogP contribution in [0.2, 0.25) is 0 Å². The minimum absolute atomic E-state index is 0.0176. The lowest BCUT2D eigenvalue weighted by molar-refractivity contribution is -0.386. The smallest absolute Gasteiger partial charge is 0.312 e. The molecule has 21 heavy (non-hydrogen) atoms. The van der Waals surface area contributed by atoms with E-state index in [9.17, 15) is 23.6 Å². The second-order valence-electron chi connectivity index (χ2n) is 4.70. The van der Waals surface area contributed by atoms with E-state index in [0.29, 0.717) is 0 Å². The van der Waals surface area contributed by atoms with E-state index in [2.05, 4.69) is 4.72 Å². The number of aliphatic hydroxyl groups excluding tert-OH is 1. The summed E-state index contributed by atoms with van der Waals surface area (Å²) in [6, 6.07) is 2.89. The van der Waals surface area contributed by atoms with Gasteiger partial charge in [0.25, 0.3) is 0 Å². The molecule has 0 bridgehead atoms.